The van der Waals surface area contributed by atoms with Gasteiger partial charge in [0.05, 0.1) is 11.5 Å². The van der Waals surface area contributed by atoms with E-state index in [9.17, 15) is 19.6 Å². The number of nitrogens with zero attached hydrogens (tertiary/aromatic N) is 3. The van der Waals surface area contributed by atoms with E-state index in [0.29, 0.717) is 18.5 Å². The van der Waals surface area contributed by atoms with Crippen molar-refractivity contribution >= 4 is 17.7 Å². The van der Waals surface area contributed by atoms with Crippen molar-refractivity contribution in [1.82, 2.24) is 15.1 Å². The lowest BCUT2D eigenvalue weighted by Crippen LogP contribution is -2.52. The number of fused-ring (bicyclic) bond motifs is 1. The zero-order valence-corrected chi connectivity index (χ0v) is 20.0. The highest BCUT2D eigenvalue weighted by molar-refractivity contribution is 6.05. The van der Waals surface area contributed by atoms with Crippen LogP contribution in [0.4, 0.5) is 0 Å². The first-order valence-corrected chi connectivity index (χ1v) is 12.8. The molecule has 3 aliphatic heterocycles. The molecule has 4 aliphatic rings. The van der Waals surface area contributed by atoms with Gasteiger partial charge in [0.2, 0.25) is 11.8 Å². The van der Waals surface area contributed by atoms with Crippen LogP contribution >= 0.6 is 0 Å². The average Bonchev–Trinajstić information content (AvgIpc) is 3.17. The van der Waals surface area contributed by atoms with E-state index in [0.717, 1.165) is 55.4 Å². The molecule has 3 amide bonds. The van der Waals surface area contributed by atoms with Gasteiger partial charge in [-0.25, -0.2) is 0 Å². The van der Waals surface area contributed by atoms with Crippen LogP contribution in [0, 0.1) is 23.2 Å². The van der Waals surface area contributed by atoms with Gasteiger partial charge in [0, 0.05) is 25.1 Å². The first-order chi connectivity index (χ1) is 16.4. The molecule has 1 N–H and O–H groups in total. The largest absolute Gasteiger partial charge is 0.322 e. The van der Waals surface area contributed by atoms with Gasteiger partial charge in [0.15, 0.2) is 0 Å². The molecular weight excluding hydrogens is 428 g/mol. The number of imide groups is 1. The van der Waals surface area contributed by atoms with Crippen LogP contribution in [-0.4, -0.2) is 53.2 Å². The van der Waals surface area contributed by atoms with E-state index in [1.807, 2.05) is 18.2 Å². The molecule has 0 bridgehead atoms. The highest BCUT2D eigenvalue weighted by Gasteiger charge is 2.41. The Kier molecular flexibility index (Phi) is 6.20. The molecule has 1 aromatic carbocycles. The van der Waals surface area contributed by atoms with E-state index in [4.69, 9.17) is 0 Å². The summed E-state index contributed by atoms with van der Waals surface area (Å²) in [6.07, 6.45) is 7.53. The second-order valence-corrected chi connectivity index (χ2v) is 10.9. The van der Waals surface area contributed by atoms with Gasteiger partial charge in [-0.15, -0.1) is 0 Å². The van der Waals surface area contributed by atoms with Crippen LogP contribution in [-0.2, 0) is 21.5 Å². The van der Waals surface area contributed by atoms with Crippen molar-refractivity contribution < 1.29 is 14.4 Å². The summed E-state index contributed by atoms with van der Waals surface area (Å²) in [6.45, 7) is 5.71. The van der Waals surface area contributed by atoms with Gasteiger partial charge in [0.25, 0.3) is 5.91 Å². The number of amides is 3. The Labute approximate surface area is 201 Å². The first-order valence-electron chi connectivity index (χ1n) is 12.8. The molecular formula is C27H34N4O3. The summed E-state index contributed by atoms with van der Waals surface area (Å²) in [7, 11) is 0. The minimum atomic E-state index is -0.614. The smallest absolute Gasteiger partial charge is 0.255 e. The maximum Gasteiger partial charge on any atom is 0.255 e. The second-order valence-electron chi connectivity index (χ2n) is 10.9. The molecule has 1 aromatic rings. The zero-order valence-electron chi connectivity index (χ0n) is 20.0. The van der Waals surface area contributed by atoms with Crippen molar-refractivity contribution in [2.24, 2.45) is 11.8 Å². The Balaban J connectivity index is 1.26. The molecule has 1 aliphatic carbocycles. The number of benzene rings is 1. The Morgan fingerprint density at radius 2 is 1.82 bits per heavy atom. The van der Waals surface area contributed by atoms with E-state index in [1.165, 1.54) is 25.7 Å². The normalized spacial score (nSPS) is 29.5. The third-order valence-electron chi connectivity index (χ3n) is 8.65. The van der Waals surface area contributed by atoms with Crippen LogP contribution in [0.1, 0.15) is 79.8 Å². The fraction of sp³-hybridized carbons (Fsp3) is 0.630. The van der Waals surface area contributed by atoms with Crippen LogP contribution in [0.3, 0.4) is 0 Å². The predicted octanol–water partition coefficient (Wildman–Crippen LogP) is 3.13. The molecule has 0 spiro atoms. The molecule has 1 unspecified atom stereocenters. The van der Waals surface area contributed by atoms with Gasteiger partial charge >= 0.3 is 0 Å². The second kappa shape index (κ2) is 9.14. The number of likely N-dealkylation sites (tertiary alicyclic amines) is 1. The Morgan fingerprint density at radius 3 is 2.50 bits per heavy atom. The van der Waals surface area contributed by atoms with Crippen molar-refractivity contribution in [2.75, 3.05) is 19.6 Å². The highest BCUT2D eigenvalue weighted by Crippen LogP contribution is 2.39. The van der Waals surface area contributed by atoms with Crippen LogP contribution in [0.5, 0.6) is 0 Å². The van der Waals surface area contributed by atoms with E-state index in [2.05, 4.69) is 23.2 Å². The van der Waals surface area contributed by atoms with Gasteiger partial charge in [-0.2, -0.15) is 5.26 Å². The zero-order chi connectivity index (χ0) is 23.9. The van der Waals surface area contributed by atoms with E-state index < -0.39 is 17.4 Å². The highest BCUT2D eigenvalue weighted by atomic mass is 16.2. The molecule has 3 fully saturated rings. The lowest BCUT2D eigenvalue weighted by Gasteiger charge is -2.40. The first kappa shape index (κ1) is 23.0. The van der Waals surface area contributed by atoms with Crippen LogP contribution in [0.2, 0.25) is 0 Å². The van der Waals surface area contributed by atoms with Crippen LogP contribution in [0.15, 0.2) is 18.2 Å². The van der Waals surface area contributed by atoms with Crippen molar-refractivity contribution in [2.45, 2.75) is 76.3 Å². The maximum absolute atomic E-state index is 13.0. The van der Waals surface area contributed by atoms with Gasteiger partial charge < -0.3 is 9.80 Å². The molecule has 7 heteroatoms. The molecule has 0 radical (unpaired) electrons. The molecule has 0 aromatic heterocycles. The van der Waals surface area contributed by atoms with Crippen molar-refractivity contribution in [3.05, 3.63) is 34.9 Å². The summed E-state index contributed by atoms with van der Waals surface area (Å²) < 4.78 is 0. The number of nitrogens with one attached hydrogen (secondary N) is 1. The molecule has 1 saturated carbocycles. The fourth-order valence-corrected chi connectivity index (χ4v) is 6.33. The lowest BCUT2D eigenvalue weighted by atomic mass is 9.73. The average molecular weight is 463 g/mol. The number of rotatable bonds is 4. The van der Waals surface area contributed by atoms with Gasteiger partial charge in [-0.05, 0) is 74.2 Å². The van der Waals surface area contributed by atoms with E-state index in [1.54, 1.807) is 4.90 Å². The summed E-state index contributed by atoms with van der Waals surface area (Å²) in [6, 6.07) is 7.79. The summed E-state index contributed by atoms with van der Waals surface area (Å²) in [5.41, 5.74) is 1.93. The van der Waals surface area contributed by atoms with Crippen molar-refractivity contribution in [3.63, 3.8) is 0 Å². The lowest BCUT2D eigenvalue weighted by molar-refractivity contribution is -0.136. The quantitative estimate of drug-likeness (QED) is 0.694. The number of hydrogen-bond acceptors (Lipinski definition) is 5. The number of piperidine rings is 2. The van der Waals surface area contributed by atoms with Crippen LogP contribution in [0.25, 0.3) is 0 Å². The van der Waals surface area contributed by atoms with Crippen molar-refractivity contribution in [3.8, 4) is 6.07 Å². The molecule has 180 valence electrons. The topological polar surface area (TPSA) is 93.5 Å². The summed E-state index contributed by atoms with van der Waals surface area (Å²) in [5, 5.41) is 12.6. The van der Waals surface area contributed by atoms with E-state index >= 15 is 0 Å². The van der Waals surface area contributed by atoms with E-state index in [-0.39, 0.29) is 18.2 Å². The minimum Gasteiger partial charge on any atom is -0.322 e. The molecule has 34 heavy (non-hydrogen) atoms. The summed E-state index contributed by atoms with van der Waals surface area (Å²) in [5.74, 6) is 0.800. The minimum absolute atomic E-state index is 0.168. The summed E-state index contributed by atoms with van der Waals surface area (Å²) >= 11 is 0. The fourth-order valence-electron chi connectivity index (χ4n) is 6.33. The Hall–Kier alpha value is -2.72. The van der Waals surface area contributed by atoms with Gasteiger partial charge in [-0.1, -0.05) is 31.9 Å². The summed E-state index contributed by atoms with van der Waals surface area (Å²) in [4.78, 5) is 40.9. The third kappa shape index (κ3) is 4.24. The number of hydrogen-bond donors (Lipinski definition) is 1. The third-order valence-corrected chi connectivity index (χ3v) is 8.65. The predicted molar refractivity (Wildman–Crippen MR) is 127 cm³/mol. The maximum atomic E-state index is 13.0. The molecule has 3 heterocycles. The number of nitriles is 1. The van der Waals surface area contributed by atoms with Gasteiger partial charge in [0.1, 0.15) is 6.04 Å². The SMILES string of the molecule is CC1CCC(CN2CCC(C#N)(c3ccc4c(c3)CN(C3CCC(=O)NC3=O)C4=O)CC2)CC1. The molecule has 1 atom stereocenters. The Morgan fingerprint density at radius 1 is 1.09 bits per heavy atom. The molecule has 5 rings (SSSR count). The standard InChI is InChI=1S/C27H34N4O3/c1-18-2-4-19(5-3-18)15-30-12-10-27(17-28,11-13-30)21-6-7-22-20(14-21)16-31(26(22)34)23-8-9-24(32)29-25(23)33/h6-7,14,18-19,23H,2-5,8-13,15-16H2,1H3,(H,29,32,33). The molecule has 2 saturated heterocycles. The molecule has 7 nitrogen and oxygen atoms in total. The monoisotopic (exact) mass is 462 g/mol. The van der Waals surface area contributed by atoms with Crippen molar-refractivity contribution in [1.29, 1.82) is 5.26 Å². The number of carbonyl (C=O) groups excluding carboxylic acids is 3. The van der Waals surface area contributed by atoms with Gasteiger partial charge in [-0.3, -0.25) is 19.7 Å². The van der Waals surface area contributed by atoms with Crippen LogP contribution < -0.4 is 5.32 Å². The number of carbonyl (C=O) groups is 3. The Bertz CT molecular complexity index is 1030.